The first-order chi connectivity index (χ1) is 11.6. The third-order valence-corrected chi connectivity index (χ3v) is 3.34. The molecule has 0 heterocycles. The van der Waals surface area contributed by atoms with Crippen molar-refractivity contribution in [3.05, 3.63) is 27.3 Å². The van der Waals surface area contributed by atoms with Gasteiger partial charge in [-0.1, -0.05) is 0 Å². The molecular weight excluding hydrogens is 479 g/mol. The van der Waals surface area contributed by atoms with E-state index in [4.69, 9.17) is 4.74 Å². The predicted molar refractivity (Wildman–Crippen MR) is 84.9 cm³/mol. The smallest absolute Gasteiger partial charge is 0.410 e. The summed E-state index contributed by atoms with van der Waals surface area (Å²) in [5, 5.41) is 10.2. The fourth-order valence-electron chi connectivity index (χ4n) is 1.50. The van der Waals surface area contributed by atoms with Gasteiger partial charge in [-0.15, -0.1) is 0 Å². The molecule has 0 aliphatic carbocycles. The van der Waals surface area contributed by atoms with Crippen molar-refractivity contribution in [3.8, 4) is 5.75 Å². The van der Waals surface area contributed by atoms with Gasteiger partial charge < -0.3 is 19.4 Å². The van der Waals surface area contributed by atoms with Crippen LogP contribution >= 0.6 is 22.6 Å². The Labute approximate surface area is 158 Å². The number of ether oxygens (including phenoxy) is 2. The van der Waals surface area contributed by atoms with Crippen molar-refractivity contribution in [3.63, 3.8) is 0 Å². The second-order valence-corrected chi connectivity index (χ2v) is 7.21. The molecule has 1 aromatic rings. The molecule has 0 fully saturated rings. The minimum atomic E-state index is -5.81. The summed E-state index contributed by atoms with van der Waals surface area (Å²) in [7, 11) is 0. The van der Waals surface area contributed by atoms with E-state index in [9.17, 15) is 37.1 Å². The molecule has 26 heavy (non-hydrogen) atoms. The molecule has 0 unspecified atom stereocenters. The van der Waals surface area contributed by atoms with Crippen LogP contribution in [0.3, 0.4) is 0 Å². The molecule has 6 nitrogen and oxygen atoms in total. The van der Waals surface area contributed by atoms with Gasteiger partial charge in [0, 0.05) is 3.57 Å². The van der Waals surface area contributed by atoms with Gasteiger partial charge in [0.1, 0.15) is 22.9 Å². The van der Waals surface area contributed by atoms with Gasteiger partial charge in [-0.3, -0.25) is 0 Å². The van der Waals surface area contributed by atoms with E-state index in [1.54, 1.807) is 22.6 Å². The number of benzene rings is 1. The van der Waals surface area contributed by atoms with Gasteiger partial charge in [0.15, 0.2) is 0 Å². The van der Waals surface area contributed by atoms with E-state index >= 15 is 0 Å². The molecule has 0 aliphatic rings. The maximum atomic E-state index is 13.5. The number of carbonyl (C=O) groups is 3. The second-order valence-electron chi connectivity index (χ2n) is 5.97. The van der Waals surface area contributed by atoms with Gasteiger partial charge >= 0.3 is 23.8 Å². The Morgan fingerprint density at radius 2 is 1.58 bits per heavy atom. The van der Waals surface area contributed by atoms with E-state index in [2.05, 4.69) is 4.74 Å². The number of carbonyl (C=O) groups excluding carboxylic acids is 3. The number of carboxylic acids is 1. The SMILES string of the molecule is CC(C)(C)OC(=O)c1cc(I)ccc1OC(=O)C(F)(F)C(F)(F)C(=O)[O-]. The zero-order valence-corrected chi connectivity index (χ0v) is 15.7. The monoisotopic (exact) mass is 491 g/mol. The number of aliphatic carboxylic acids is 1. The number of alkyl halides is 4. The average Bonchev–Trinajstić information content (AvgIpc) is 2.46. The third-order valence-electron chi connectivity index (χ3n) is 2.67. The molecule has 0 atom stereocenters. The molecule has 0 saturated carbocycles. The van der Waals surface area contributed by atoms with E-state index in [1.165, 1.54) is 26.8 Å². The van der Waals surface area contributed by atoms with Crippen LogP contribution in [0.5, 0.6) is 5.75 Å². The Morgan fingerprint density at radius 1 is 1.04 bits per heavy atom. The largest absolute Gasteiger partial charge is 0.544 e. The molecule has 0 amide bonds. The molecule has 0 N–H and O–H groups in total. The van der Waals surface area contributed by atoms with Crippen molar-refractivity contribution in [2.45, 2.75) is 38.2 Å². The first-order valence-electron chi connectivity index (χ1n) is 6.82. The van der Waals surface area contributed by atoms with Gasteiger partial charge in [-0.25, -0.2) is 9.59 Å². The Kier molecular flexibility index (Phi) is 6.27. The first kappa shape index (κ1) is 22.1. The van der Waals surface area contributed by atoms with Crippen LogP contribution in [0.2, 0.25) is 0 Å². The Morgan fingerprint density at radius 3 is 2.04 bits per heavy atom. The number of carboxylic acid groups (broad SMARTS) is 1. The summed E-state index contributed by atoms with van der Waals surface area (Å²) in [6.45, 7) is 4.54. The van der Waals surface area contributed by atoms with Gasteiger partial charge in [-0.05, 0) is 61.6 Å². The predicted octanol–water partition coefficient (Wildman–Crippen LogP) is 2.17. The molecule has 0 spiro atoms. The fourth-order valence-corrected chi connectivity index (χ4v) is 2.00. The van der Waals surface area contributed by atoms with Crippen LogP contribution in [0.1, 0.15) is 31.1 Å². The van der Waals surface area contributed by atoms with E-state index in [1.807, 2.05) is 0 Å². The van der Waals surface area contributed by atoms with Gasteiger partial charge in [0.05, 0.1) is 0 Å². The number of hydrogen-bond acceptors (Lipinski definition) is 6. The van der Waals surface area contributed by atoms with Crippen molar-refractivity contribution in [1.29, 1.82) is 0 Å². The normalized spacial score (nSPS) is 12.5. The summed E-state index contributed by atoms with van der Waals surface area (Å²) >= 11 is 1.76. The minimum Gasteiger partial charge on any atom is -0.544 e. The number of rotatable bonds is 5. The summed E-state index contributed by atoms with van der Waals surface area (Å²) in [4.78, 5) is 33.7. The third kappa shape index (κ3) is 4.83. The maximum absolute atomic E-state index is 13.5. The average molecular weight is 491 g/mol. The highest BCUT2D eigenvalue weighted by Gasteiger charge is 2.64. The fraction of sp³-hybridized carbons (Fsp3) is 0.400. The molecule has 144 valence electrons. The summed E-state index contributed by atoms with van der Waals surface area (Å²) in [6, 6.07) is 3.27. The highest BCUT2D eigenvalue weighted by molar-refractivity contribution is 14.1. The van der Waals surface area contributed by atoms with Gasteiger partial charge in [0.2, 0.25) is 0 Å². The van der Waals surface area contributed by atoms with E-state index in [0.717, 1.165) is 12.1 Å². The van der Waals surface area contributed by atoms with Crippen LogP contribution in [0.15, 0.2) is 18.2 Å². The van der Waals surface area contributed by atoms with E-state index in [0.29, 0.717) is 3.57 Å². The highest BCUT2D eigenvalue weighted by Crippen LogP contribution is 2.36. The molecular formula is C15H12F4IO6-. The standard InChI is InChI=1S/C15H13F4IO6/c1-13(2,3)26-10(21)8-6-7(20)4-5-9(8)25-12(24)15(18,19)14(16,17)11(22)23/h4-6H,1-3H3,(H,22,23)/p-1. The Bertz CT molecular complexity index is 742. The lowest BCUT2D eigenvalue weighted by Crippen LogP contribution is -2.58. The number of hydrogen-bond donors (Lipinski definition) is 0. The van der Waals surface area contributed by atoms with Crippen molar-refractivity contribution in [1.82, 2.24) is 0 Å². The van der Waals surface area contributed by atoms with Gasteiger partial charge in [-0.2, -0.15) is 17.6 Å². The molecule has 0 aromatic heterocycles. The molecule has 0 aliphatic heterocycles. The molecule has 1 aromatic carbocycles. The van der Waals surface area contributed by atoms with Crippen LogP contribution in [0, 0.1) is 3.57 Å². The topological polar surface area (TPSA) is 92.7 Å². The van der Waals surface area contributed by atoms with Crippen molar-refractivity contribution < 1.29 is 46.5 Å². The lowest BCUT2D eigenvalue weighted by atomic mass is 10.1. The van der Waals surface area contributed by atoms with Crippen LogP contribution in [0.4, 0.5) is 17.6 Å². The zero-order valence-electron chi connectivity index (χ0n) is 13.6. The summed E-state index contributed by atoms with van der Waals surface area (Å²) in [6.07, 6.45) is 0. The zero-order chi connectivity index (χ0) is 20.5. The van der Waals surface area contributed by atoms with Crippen LogP contribution in [0.25, 0.3) is 0 Å². The number of esters is 2. The van der Waals surface area contributed by atoms with Crippen LogP contribution in [-0.2, 0) is 14.3 Å². The van der Waals surface area contributed by atoms with E-state index < -0.39 is 46.7 Å². The maximum Gasteiger partial charge on any atom is 0.410 e. The van der Waals surface area contributed by atoms with Crippen molar-refractivity contribution in [2.75, 3.05) is 0 Å². The molecule has 11 heteroatoms. The quantitative estimate of drug-likeness (QED) is 0.272. The lowest BCUT2D eigenvalue weighted by molar-refractivity contribution is -0.346. The molecule has 0 radical (unpaired) electrons. The van der Waals surface area contributed by atoms with Crippen LogP contribution in [-0.4, -0.2) is 35.4 Å². The second kappa shape index (κ2) is 7.37. The van der Waals surface area contributed by atoms with Gasteiger partial charge in [0.25, 0.3) is 0 Å². The molecule has 0 bridgehead atoms. The molecule has 1 rings (SSSR count). The minimum absolute atomic E-state index is 0.426. The molecule has 0 saturated heterocycles. The van der Waals surface area contributed by atoms with Crippen molar-refractivity contribution >= 4 is 40.5 Å². The van der Waals surface area contributed by atoms with E-state index in [-0.39, 0.29) is 0 Å². The van der Waals surface area contributed by atoms with Crippen molar-refractivity contribution in [2.24, 2.45) is 0 Å². The Hall–Kier alpha value is -1.92. The number of halogens is 5. The lowest BCUT2D eigenvalue weighted by Gasteiger charge is -2.25. The summed E-state index contributed by atoms with van der Waals surface area (Å²) in [5.74, 6) is -19.7. The summed E-state index contributed by atoms with van der Waals surface area (Å²) in [5.41, 5.74) is -1.46. The summed E-state index contributed by atoms with van der Waals surface area (Å²) < 4.78 is 62.6. The highest BCUT2D eigenvalue weighted by atomic mass is 127. The Balaban J connectivity index is 3.24. The first-order valence-corrected chi connectivity index (χ1v) is 7.89. The van der Waals surface area contributed by atoms with Crippen LogP contribution < -0.4 is 9.84 Å².